The lowest BCUT2D eigenvalue weighted by Crippen LogP contribution is -2.28. The molecule has 0 saturated carbocycles. The Morgan fingerprint density at radius 2 is 2.06 bits per heavy atom. The van der Waals surface area contributed by atoms with E-state index in [0.29, 0.717) is 23.5 Å². The molecular formula is C11H16N2O3. The SMILES string of the molecule is CCCn1c(C)c(CC(=O)O)c(C)nc1=O. The Morgan fingerprint density at radius 1 is 1.44 bits per heavy atom. The second-order valence-electron chi connectivity index (χ2n) is 3.77. The van der Waals surface area contributed by atoms with Crippen molar-refractivity contribution in [2.24, 2.45) is 0 Å². The van der Waals surface area contributed by atoms with Gasteiger partial charge in [-0.05, 0) is 20.3 Å². The fourth-order valence-corrected chi connectivity index (χ4v) is 1.73. The smallest absolute Gasteiger partial charge is 0.347 e. The van der Waals surface area contributed by atoms with Crippen molar-refractivity contribution < 1.29 is 9.90 Å². The van der Waals surface area contributed by atoms with E-state index in [4.69, 9.17) is 5.11 Å². The Bertz CT molecular complexity index is 463. The van der Waals surface area contributed by atoms with Crippen LogP contribution in [0.25, 0.3) is 0 Å². The predicted octanol–water partition coefficient (Wildman–Crippen LogP) is 0.897. The van der Waals surface area contributed by atoms with E-state index in [0.717, 1.165) is 6.42 Å². The molecule has 1 rings (SSSR count). The average Bonchev–Trinajstić information content (AvgIpc) is 2.19. The first-order chi connectivity index (χ1) is 7.47. The average molecular weight is 224 g/mol. The third-order valence-corrected chi connectivity index (χ3v) is 2.55. The van der Waals surface area contributed by atoms with Crippen LogP contribution >= 0.6 is 0 Å². The molecule has 1 heterocycles. The minimum Gasteiger partial charge on any atom is -0.481 e. The number of aliphatic carboxylic acids is 1. The summed E-state index contributed by atoms with van der Waals surface area (Å²) in [5, 5.41) is 8.79. The van der Waals surface area contributed by atoms with Gasteiger partial charge in [0.15, 0.2) is 0 Å². The van der Waals surface area contributed by atoms with E-state index in [1.807, 2.05) is 6.92 Å². The Morgan fingerprint density at radius 3 is 2.56 bits per heavy atom. The molecule has 1 aromatic heterocycles. The third kappa shape index (κ3) is 2.48. The number of carbonyl (C=O) groups is 1. The Kier molecular flexibility index (Phi) is 3.82. The van der Waals surface area contributed by atoms with Crippen LogP contribution in [-0.4, -0.2) is 20.6 Å². The molecule has 0 aliphatic heterocycles. The molecule has 0 aliphatic carbocycles. The molecule has 0 bridgehead atoms. The molecule has 16 heavy (non-hydrogen) atoms. The molecular weight excluding hydrogens is 208 g/mol. The molecule has 0 atom stereocenters. The highest BCUT2D eigenvalue weighted by molar-refractivity contribution is 5.70. The van der Waals surface area contributed by atoms with E-state index in [-0.39, 0.29) is 12.1 Å². The standard InChI is InChI=1S/C11H16N2O3/c1-4-5-13-8(3)9(6-10(14)15)7(2)12-11(13)16/h4-6H2,1-3H3,(H,14,15). The van der Waals surface area contributed by atoms with E-state index in [1.54, 1.807) is 13.8 Å². The summed E-state index contributed by atoms with van der Waals surface area (Å²) in [5.74, 6) is -0.908. The molecule has 1 N–H and O–H groups in total. The van der Waals surface area contributed by atoms with Gasteiger partial charge in [0.25, 0.3) is 0 Å². The van der Waals surface area contributed by atoms with Crippen LogP contribution in [0, 0.1) is 13.8 Å². The number of nitrogens with zero attached hydrogens (tertiary/aromatic N) is 2. The summed E-state index contributed by atoms with van der Waals surface area (Å²) in [6.45, 7) is 5.97. The highest BCUT2D eigenvalue weighted by Gasteiger charge is 2.13. The highest BCUT2D eigenvalue weighted by atomic mass is 16.4. The molecule has 88 valence electrons. The number of aromatic nitrogens is 2. The number of aryl methyl sites for hydroxylation is 1. The summed E-state index contributed by atoms with van der Waals surface area (Å²) >= 11 is 0. The van der Waals surface area contributed by atoms with Gasteiger partial charge in [-0.2, -0.15) is 4.98 Å². The normalized spacial score (nSPS) is 10.4. The monoisotopic (exact) mass is 224 g/mol. The molecule has 0 amide bonds. The van der Waals surface area contributed by atoms with Crippen molar-refractivity contribution in [3.63, 3.8) is 0 Å². The largest absolute Gasteiger partial charge is 0.481 e. The van der Waals surface area contributed by atoms with Crippen molar-refractivity contribution in [1.29, 1.82) is 0 Å². The number of hydrogen-bond acceptors (Lipinski definition) is 3. The molecule has 0 spiro atoms. The second-order valence-corrected chi connectivity index (χ2v) is 3.77. The van der Waals surface area contributed by atoms with E-state index in [9.17, 15) is 9.59 Å². The van der Waals surface area contributed by atoms with Crippen LogP contribution in [-0.2, 0) is 17.8 Å². The summed E-state index contributed by atoms with van der Waals surface area (Å²) in [7, 11) is 0. The van der Waals surface area contributed by atoms with Gasteiger partial charge in [0.2, 0.25) is 0 Å². The molecule has 0 aromatic carbocycles. The first-order valence-electron chi connectivity index (χ1n) is 5.26. The summed E-state index contributed by atoms with van der Waals surface area (Å²) in [4.78, 5) is 26.2. The molecule has 0 saturated heterocycles. The van der Waals surface area contributed by atoms with Crippen molar-refractivity contribution in [3.8, 4) is 0 Å². The van der Waals surface area contributed by atoms with Crippen LogP contribution in [0.3, 0.4) is 0 Å². The van der Waals surface area contributed by atoms with Crippen LogP contribution in [0.2, 0.25) is 0 Å². The maximum atomic E-state index is 11.6. The fourth-order valence-electron chi connectivity index (χ4n) is 1.73. The quantitative estimate of drug-likeness (QED) is 0.824. The molecule has 0 aliphatic rings. The number of hydrogen-bond donors (Lipinski definition) is 1. The third-order valence-electron chi connectivity index (χ3n) is 2.55. The number of rotatable bonds is 4. The van der Waals surface area contributed by atoms with Gasteiger partial charge >= 0.3 is 11.7 Å². The lowest BCUT2D eigenvalue weighted by molar-refractivity contribution is -0.136. The molecule has 5 nitrogen and oxygen atoms in total. The van der Waals surface area contributed by atoms with Crippen molar-refractivity contribution in [1.82, 2.24) is 9.55 Å². The van der Waals surface area contributed by atoms with Crippen molar-refractivity contribution >= 4 is 5.97 Å². The molecule has 5 heteroatoms. The fraction of sp³-hybridized carbons (Fsp3) is 0.545. The molecule has 0 unspecified atom stereocenters. The Balaban J connectivity index is 3.32. The first-order valence-corrected chi connectivity index (χ1v) is 5.26. The van der Waals surface area contributed by atoms with Crippen LogP contribution in [0.15, 0.2) is 4.79 Å². The minimum absolute atomic E-state index is 0.0886. The highest BCUT2D eigenvalue weighted by Crippen LogP contribution is 2.10. The molecule has 0 radical (unpaired) electrons. The molecule has 1 aromatic rings. The van der Waals surface area contributed by atoms with Gasteiger partial charge in [-0.1, -0.05) is 6.92 Å². The summed E-state index contributed by atoms with van der Waals surface area (Å²) in [5.41, 5.74) is 1.56. The Labute approximate surface area is 93.8 Å². The maximum absolute atomic E-state index is 11.6. The lowest BCUT2D eigenvalue weighted by Gasteiger charge is -2.13. The molecule has 0 fully saturated rings. The zero-order valence-corrected chi connectivity index (χ0v) is 9.78. The van der Waals surface area contributed by atoms with Crippen LogP contribution in [0.1, 0.15) is 30.3 Å². The van der Waals surface area contributed by atoms with Gasteiger partial charge in [0.05, 0.1) is 6.42 Å². The van der Waals surface area contributed by atoms with Crippen molar-refractivity contribution in [2.75, 3.05) is 0 Å². The van der Waals surface area contributed by atoms with E-state index in [1.165, 1.54) is 4.57 Å². The van der Waals surface area contributed by atoms with Crippen molar-refractivity contribution in [2.45, 2.75) is 40.2 Å². The second kappa shape index (κ2) is 4.92. The van der Waals surface area contributed by atoms with E-state index < -0.39 is 5.97 Å². The minimum atomic E-state index is -0.908. The summed E-state index contributed by atoms with van der Waals surface area (Å²) < 4.78 is 1.53. The van der Waals surface area contributed by atoms with Gasteiger partial charge in [-0.3, -0.25) is 9.36 Å². The number of carboxylic acids is 1. The number of carboxylic acid groups (broad SMARTS) is 1. The van der Waals surface area contributed by atoms with Gasteiger partial charge < -0.3 is 5.11 Å². The topological polar surface area (TPSA) is 72.2 Å². The maximum Gasteiger partial charge on any atom is 0.347 e. The van der Waals surface area contributed by atoms with Crippen molar-refractivity contribution in [3.05, 3.63) is 27.4 Å². The van der Waals surface area contributed by atoms with Gasteiger partial charge in [-0.25, -0.2) is 4.79 Å². The van der Waals surface area contributed by atoms with Gasteiger partial charge in [-0.15, -0.1) is 0 Å². The first kappa shape index (κ1) is 12.4. The van der Waals surface area contributed by atoms with E-state index in [2.05, 4.69) is 4.98 Å². The lowest BCUT2D eigenvalue weighted by atomic mass is 10.1. The summed E-state index contributed by atoms with van der Waals surface area (Å²) in [6.07, 6.45) is 0.729. The van der Waals surface area contributed by atoms with Crippen LogP contribution in [0.4, 0.5) is 0 Å². The predicted molar refractivity (Wildman–Crippen MR) is 59.6 cm³/mol. The zero-order valence-electron chi connectivity index (χ0n) is 9.78. The van der Waals surface area contributed by atoms with Crippen LogP contribution < -0.4 is 5.69 Å². The Hall–Kier alpha value is -1.65. The van der Waals surface area contributed by atoms with Crippen LogP contribution in [0.5, 0.6) is 0 Å². The van der Waals surface area contributed by atoms with Gasteiger partial charge in [0.1, 0.15) is 0 Å². The van der Waals surface area contributed by atoms with E-state index >= 15 is 0 Å². The van der Waals surface area contributed by atoms with Gasteiger partial charge in [0, 0.05) is 23.5 Å². The zero-order chi connectivity index (χ0) is 12.3. The summed E-state index contributed by atoms with van der Waals surface area (Å²) in [6, 6.07) is 0.